The Hall–Kier alpha value is -0.930. The highest BCUT2D eigenvalue weighted by molar-refractivity contribution is 9.10. The van der Waals surface area contributed by atoms with Gasteiger partial charge in [-0.2, -0.15) is 0 Å². The molecule has 9 heteroatoms. The molecule has 1 aromatic heterocycles. The topological polar surface area (TPSA) is 84.8 Å². The summed E-state index contributed by atoms with van der Waals surface area (Å²) in [5.41, 5.74) is -1.62. The quantitative estimate of drug-likeness (QED) is 0.729. The molecular formula is C15H21BrN2O4S2. The molecule has 2 atom stereocenters. The maximum absolute atomic E-state index is 12.6. The molecule has 0 radical (unpaired) electrons. The molecule has 1 aliphatic rings. The monoisotopic (exact) mass is 436 g/mol. The minimum absolute atomic E-state index is 0.104. The van der Waals surface area contributed by atoms with Gasteiger partial charge in [-0.1, -0.05) is 0 Å². The molecule has 1 aliphatic heterocycles. The second-order valence-corrected chi connectivity index (χ2v) is 11.1. The largest absolute Gasteiger partial charge is 0.444 e. The fourth-order valence-corrected chi connectivity index (χ4v) is 5.67. The summed E-state index contributed by atoms with van der Waals surface area (Å²) in [6, 6.07) is 1.85. The number of ether oxygens (including phenoxy) is 1. The van der Waals surface area contributed by atoms with E-state index in [-0.39, 0.29) is 11.6 Å². The predicted molar refractivity (Wildman–Crippen MR) is 99.4 cm³/mol. The zero-order valence-electron chi connectivity index (χ0n) is 14.2. The lowest BCUT2D eigenvalue weighted by Crippen LogP contribution is -2.51. The van der Waals surface area contributed by atoms with E-state index in [0.717, 1.165) is 9.35 Å². The van der Waals surface area contributed by atoms with E-state index < -0.39 is 32.3 Å². The Morgan fingerprint density at radius 3 is 2.62 bits per heavy atom. The van der Waals surface area contributed by atoms with Crippen LogP contribution in [0.15, 0.2) is 20.9 Å². The first-order valence-corrected chi connectivity index (χ1v) is 10.8. The van der Waals surface area contributed by atoms with Crippen molar-refractivity contribution in [3.8, 4) is 0 Å². The van der Waals surface area contributed by atoms with E-state index in [2.05, 4.69) is 26.2 Å². The lowest BCUT2D eigenvalue weighted by molar-refractivity contribution is 0.0562. The molecular weight excluding hydrogens is 416 g/mol. The molecule has 0 saturated heterocycles. The number of aliphatic imine (C=N–C) groups is 1. The van der Waals surface area contributed by atoms with Crippen molar-refractivity contribution in [3.63, 3.8) is 0 Å². The Balaban J connectivity index is 2.38. The van der Waals surface area contributed by atoms with Crippen molar-refractivity contribution in [1.82, 2.24) is 5.32 Å². The second-order valence-electron chi connectivity index (χ2n) is 6.98. The Morgan fingerprint density at radius 1 is 1.50 bits per heavy atom. The van der Waals surface area contributed by atoms with Crippen molar-refractivity contribution < 1.29 is 17.9 Å². The fourth-order valence-electron chi connectivity index (χ4n) is 2.34. The molecule has 2 rings (SSSR count). The van der Waals surface area contributed by atoms with E-state index in [1.165, 1.54) is 18.3 Å². The van der Waals surface area contributed by atoms with Crippen LogP contribution in [0.2, 0.25) is 0 Å². The molecule has 0 fully saturated rings. The van der Waals surface area contributed by atoms with Crippen LogP contribution in [0.3, 0.4) is 0 Å². The minimum atomic E-state index is -3.46. The lowest BCUT2D eigenvalue weighted by Gasteiger charge is -2.33. The Bertz CT molecular complexity index is 780. The number of carbonyl (C=O) groups excluding carboxylic acids is 1. The Morgan fingerprint density at radius 2 is 2.12 bits per heavy atom. The van der Waals surface area contributed by atoms with Gasteiger partial charge in [0.05, 0.1) is 5.75 Å². The van der Waals surface area contributed by atoms with Crippen LogP contribution in [0.4, 0.5) is 4.79 Å². The molecule has 6 nitrogen and oxygen atoms in total. The van der Waals surface area contributed by atoms with Crippen molar-refractivity contribution >= 4 is 49.0 Å². The molecule has 0 bridgehead atoms. The maximum atomic E-state index is 12.6. The van der Waals surface area contributed by atoms with E-state index in [1.807, 2.05) is 11.4 Å². The average molecular weight is 437 g/mol. The SMILES string of the molecule is CC1C(NC(=O)OC(C)(C)C)=N[C@](C)(c2cc(Br)cs2)CS1(=O)=O. The number of rotatable bonds is 1. The van der Waals surface area contributed by atoms with Gasteiger partial charge in [-0.05, 0) is 56.6 Å². The predicted octanol–water partition coefficient (Wildman–Crippen LogP) is 3.47. The van der Waals surface area contributed by atoms with Crippen molar-refractivity contribution in [1.29, 1.82) is 0 Å². The number of amides is 1. The smallest absolute Gasteiger partial charge is 0.413 e. The molecule has 0 saturated carbocycles. The van der Waals surface area contributed by atoms with Gasteiger partial charge in [0, 0.05) is 14.7 Å². The first kappa shape index (κ1) is 19.4. The number of halogens is 1. The van der Waals surface area contributed by atoms with Gasteiger partial charge in [0.25, 0.3) is 0 Å². The number of thiophene rings is 1. The van der Waals surface area contributed by atoms with Crippen LogP contribution < -0.4 is 5.32 Å². The standard InChI is InChI=1S/C15H21BrN2O4S2/c1-9-12(17-13(19)22-14(2,3)4)18-15(5,8-24(9,20)21)11-6-10(16)7-23-11/h6-7,9H,8H2,1-5H3,(H,17,18,19)/t9?,15-/m0/s1. The summed E-state index contributed by atoms with van der Waals surface area (Å²) < 4.78 is 31.2. The van der Waals surface area contributed by atoms with Gasteiger partial charge in [0.15, 0.2) is 9.84 Å². The first-order chi connectivity index (χ1) is 10.8. The number of nitrogens with zero attached hydrogens (tertiary/aromatic N) is 1. The molecule has 2 heterocycles. The van der Waals surface area contributed by atoms with E-state index in [0.29, 0.717) is 0 Å². The van der Waals surface area contributed by atoms with Crippen molar-refractivity contribution in [2.45, 2.75) is 51.0 Å². The summed E-state index contributed by atoms with van der Waals surface area (Å²) in [4.78, 5) is 17.4. The maximum Gasteiger partial charge on any atom is 0.413 e. The molecule has 134 valence electrons. The first-order valence-electron chi connectivity index (χ1n) is 7.38. The van der Waals surface area contributed by atoms with Crippen LogP contribution in [-0.4, -0.2) is 37.0 Å². The summed E-state index contributed by atoms with van der Waals surface area (Å²) in [5, 5.41) is 3.50. The van der Waals surface area contributed by atoms with Gasteiger partial charge in [-0.3, -0.25) is 10.3 Å². The summed E-state index contributed by atoms with van der Waals surface area (Å²) in [7, 11) is -3.46. The van der Waals surface area contributed by atoms with E-state index in [1.54, 1.807) is 27.7 Å². The zero-order valence-corrected chi connectivity index (χ0v) is 17.4. The van der Waals surface area contributed by atoms with Crippen molar-refractivity contribution in [2.24, 2.45) is 4.99 Å². The summed E-state index contributed by atoms with van der Waals surface area (Å²) in [5.74, 6) is 0.00989. The van der Waals surface area contributed by atoms with Gasteiger partial charge < -0.3 is 4.74 Å². The molecule has 24 heavy (non-hydrogen) atoms. The van der Waals surface area contributed by atoms with Gasteiger partial charge in [0.2, 0.25) is 0 Å². The van der Waals surface area contributed by atoms with Crippen LogP contribution in [-0.2, 0) is 20.1 Å². The number of alkyl carbamates (subject to hydrolysis) is 1. The Labute approximate surface area is 154 Å². The van der Waals surface area contributed by atoms with E-state index >= 15 is 0 Å². The number of hydrogen-bond acceptors (Lipinski definition) is 6. The van der Waals surface area contributed by atoms with Gasteiger partial charge in [0.1, 0.15) is 22.2 Å². The summed E-state index contributed by atoms with van der Waals surface area (Å²) in [6.07, 6.45) is -0.708. The van der Waals surface area contributed by atoms with Crippen molar-refractivity contribution in [2.75, 3.05) is 5.75 Å². The summed E-state index contributed by atoms with van der Waals surface area (Å²) in [6.45, 7) is 8.50. The third kappa shape index (κ3) is 4.37. The highest BCUT2D eigenvalue weighted by Crippen LogP contribution is 2.37. The third-order valence-electron chi connectivity index (χ3n) is 3.50. The number of sulfone groups is 1. The Kier molecular flexibility index (Phi) is 5.19. The zero-order chi connectivity index (χ0) is 18.3. The number of nitrogens with one attached hydrogen (secondary N) is 1. The van der Waals surface area contributed by atoms with Crippen LogP contribution >= 0.6 is 27.3 Å². The van der Waals surface area contributed by atoms with Crippen LogP contribution in [0.5, 0.6) is 0 Å². The molecule has 1 N–H and O–H groups in total. The molecule has 1 aromatic rings. The van der Waals surface area contributed by atoms with E-state index in [9.17, 15) is 13.2 Å². The van der Waals surface area contributed by atoms with Crippen LogP contribution in [0, 0.1) is 0 Å². The minimum Gasteiger partial charge on any atom is -0.444 e. The number of hydrogen-bond donors (Lipinski definition) is 1. The molecule has 0 aliphatic carbocycles. The van der Waals surface area contributed by atoms with E-state index in [4.69, 9.17) is 4.74 Å². The lowest BCUT2D eigenvalue weighted by atomic mass is 10.0. The van der Waals surface area contributed by atoms with Crippen molar-refractivity contribution in [3.05, 3.63) is 20.8 Å². The highest BCUT2D eigenvalue weighted by Gasteiger charge is 2.43. The average Bonchev–Trinajstić information content (AvgIpc) is 2.80. The number of carbonyl (C=O) groups is 1. The fraction of sp³-hybridized carbons (Fsp3) is 0.600. The number of amidine groups is 1. The molecule has 0 aromatic carbocycles. The van der Waals surface area contributed by atoms with Gasteiger partial charge >= 0.3 is 6.09 Å². The highest BCUT2D eigenvalue weighted by atomic mass is 79.9. The summed E-state index contributed by atoms with van der Waals surface area (Å²) >= 11 is 4.80. The second kappa shape index (κ2) is 6.42. The third-order valence-corrected chi connectivity index (χ3v) is 7.71. The molecule has 1 unspecified atom stereocenters. The molecule has 1 amide bonds. The van der Waals surface area contributed by atoms with Gasteiger partial charge in [-0.15, -0.1) is 11.3 Å². The van der Waals surface area contributed by atoms with Crippen LogP contribution in [0.1, 0.15) is 39.5 Å². The van der Waals surface area contributed by atoms with Crippen LogP contribution in [0.25, 0.3) is 0 Å². The van der Waals surface area contributed by atoms with Gasteiger partial charge in [-0.25, -0.2) is 13.2 Å². The normalized spacial score (nSPS) is 26.6. The molecule has 0 spiro atoms.